The first-order chi connectivity index (χ1) is 12.3. The van der Waals surface area contributed by atoms with Crippen LogP contribution >= 0.6 is 0 Å². The van der Waals surface area contributed by atoms with Crippen molar-refractivity contribution in [3.8, 4) is 0 Å². The molecule has 5 heteroatoms. The van der Waals surface area contributed by atoms with Crippen LogP contribution in [0.5, 0.6) is 0 Å². The molecule has 4 unspecified atom stereocenters. The Morgan fingerprint density at radius 2 is 1.85 bits per heavy atom. The molecule has 146 valence electrons. The van der Waals surface area contributed by atoms with Gasteiger partial charge in [0.15, 0.2) is 0 Å². The average molecular weight is 364 g/mol. The Morgan fingerprint density at radius 1 is 1.15 bits per heavy atom. The van der Waals surface area contributed by atoms with Crippen LogP contribution in [0.25, 0.3) is 0 Å². The molecule has 0 aromatic heterocycles. The van der Waals surface area contributed by atoms with Gasteiger partial charge < -0.3 is 14.6 Å². The lowest BCUT2D eigenvalue weighted by Gasteiger charge is -2.27. The maximum Gasteiger partial charge on any atom is 0.312 e. The number of allylic oxidation sites excluding steroid dienone is 2. The van der Waals surface area contributed by atoms with Gasteiger partial charge in [-0.25, -0.2) is 0 Å². The lowest BCUT2D eigenvalue weighted by Crippen LogP contribution is -2.29. The van der Waals surface area contributed by atoms with E-state index in [1.54, 1.807) is 6.08 Å². The number of hydrogen-bond donors (Lipinski definition) is 1. The zero-order valence-electron chi connectivity index (χ0n) is 16.2. The molecule has 0 radical (unpaired) electrons. The molecule has 2 heterocycles. The fraction of sp³-hybridized carbons (Fsp3) is 0.714. The SMILES string of the molecule is CC12CC=CC(CCC1)OC2=O.COC(=O)C1(C)C/C=C\C(O)CCC1. The van der Waals surface area contributed by atoms with Crippen LogP contribution in [0.4, 0.5) is 0 Å². The van der Waals surface area contributed by atoms with Crippen molar-refractivity contribution in [2.45, 2.75) is 77.4 Å². The lowest BCUT2D eigenvalue weighted by atomic mass is 9.80. The van der Waals surface area contributed by atoms with Crippen LogP contribution < -0.4 is 0 Å². The van der Waals surface area contributed by atoms with Crippen LogP contribution in [0.3, 0.4) is 0 Å². The highest BCUT2D eigenvalue weighted by Crippen LogP contribution is 2.37. The lowest BCUT2D eigenvalue weighted by molar-refractivity contribution is -0.155. The second kappa shape index (κ2) is 8.85. The van der Waals surface area contributed by atoms with Crippen molar-refractivity contribution in [1.82, 2.24) is 0 Å². The summed E-state index contributed by atoms with van der Waals surface area (Å²) in [6.45, 7) is 3.92. The van der Waals surface area contributed by atoms with Crippen molar-refractivity contribution in [1.29, 1.82) is 0 Å². The fourth-order valence-corrected chi connectivity index (χ4v) is 3.75. The standard InChI is InChI=1S/C11H18O3.C10H14O2/c1-11(10(13)14-2)7-3-5-9(12)6-4-8-11;1-10-6-2-4-8(5-3-7-10)12-9(10)11/h3,5,9,12H,4,6-8H2,1-2H3;2,4,8H,3,5-7H2,1H3/b5-3-;. The van der Waals surface area contributed by atoms with Crippen molar-refractivity contribution >= 4 is 11.9 Å². The van der Waals surface area contributed by atoms with E-state index in [-0.39, 0.29) is 29.6 Å². The molecule has 2 aliphatic heterocycles. The van der Waals surface area contributed by atoms with Gasteiger partial charge in [-0.15, -0.1) is 0 Å². The van der Waals surface area contributed by atoms with E-state index < -0.39 is 5.41 Å². The third kappa shape index (κ3) is 5.19. The average Bonchev–Trinajstić information content (AvgIpc) is 2.80. The second-order valence-corrected chi connectivity index (χ2v) is 8.17. The third-order valence-corrected chi connectivity index (χ3v) is 5.72. The summed E-state index contributed by atoms with van der Waals surface area (Å²) in [5.41, 5.74) is -0.646. The van der Waals surface area contributed by atoms with Gasteiger partial charge in [-0.1, -0.05) is 18.2 Å². The minimum atomic E-state index is -0.411. The number of carbonyl (C=O) groups is 2. The highest BCUT2D eigenvalue weighted by molar-refractivity contribution is 5.77. The third-order valence-electron chi connectivity index (χ3n) is 5.72. The molecule has 5 nitrogen and oxygen atoms in total. The minimum absolute atomic E-state index is 0.00463. The Morgan fingerprint density at radius 3 is 2.58 bits per heavy atom. The molecule has 3 aliphatic rings. The van der Waals surface area contributed by atoms with Crippen LogP contribution in [0, 0.1) is 10.8 Å². The summed E-state index contributed by atoms with van der Waals surface area (Å²) in [5.74, 6) is -0.159. The monoisotopic (exact) mass is 364 g/mol. The Balaban J connectivity index is 0.000000189. The summed E-state index contributed by atoms with van der Waals surface area (Å²) in [7, 11) is 1.42. The number of ether oxygens (including phenoxy) is 2. The largest absolute Gasteiger partial charge is 0.469 e. The molecule has 0 aromatic carbocycles. The summed E-state index contributed by atoms with van der Waals surface area (Å²) in [5, 5.41) is 9.38. The normalized spacial score (nSPS) is 37.8. The first kappa shape index (κ1) is 20.7. The molecule has 0 saturated carbocycles. The number of aliphatic hydroxyl groups excluding tert-OH is 1. The van der Waals surface area contributed by atoms with Gasteiger partial charge in [-0.2, -0.15) is 0 Å². The summed E-state index contributed by atoms with van der Waals surface area (Å²) in [6.07, 6.45) is 14.4. The zero-order chi connectivity index (χ0) is 19.2. The number of hydrogen-bond acceptors (Lipinski definition) is 5. The maximum atomic E-state index is 11.6. The van der Waals surface area contributed by atoms with Gasteiger partial charge in [-0.05, 0) is 71.3 Å². The predicted octanol–water partition coefficient (Wildman–Crippen LogP) is 3.71. The van der Waals surface area contributed by atoms with Gasteiger partial charge >= 0.3 is 11.9 Å². The van der Waals surface area contributed by atoms with E-state index in [0.29, 0.717) is 6.42 Å². The van der Waals surface area contributed by atoms with E-state index in [1.165, 1.54) is 7.11 Å². The maximum absolute atomic E-state index is 11.6. The van der Waals surface area contributed by atoms with Gasteiger partial charge in [0.25, 0.3) is 0 Å². The van der Waals surface area contributed by atoms with Gasteiger partial charge in [-0.3, -0.25) is 9.59 Å². The van der Waals surface area contributed by atoms with Crippen LogP contribution in [0.1, 0.15) is 65.2 Å². The number of esters is 2. The smallest absolute Gasteiger partial charge is 0.312 e. The summed E-state index contributed by atoms with van der Waals surface area (Å²) < 4.78 is 10.1. The Bertz CT molecular complexity index is 567. The van der Waals surface area contributed by atoms with Gasteiger partial charge in [0.1, 0.15) is 6.10 Å². The molecule has 0 amide bonds. The molecule has 0 aromatic rings. The molecule has 26 heavy (non-hydrogen) atoms. The number of rotatable bonds is 1. The van der Waals surface area contributed by atoms with Crippen LogP contribution in [0.15, 0.2) is 24.3 Å². The molecule has 4 atom stereocenters. The van der Waals surface area contributed by atoms with E-state index in [0.717, 1.165) is 44.9 Å². The first-order valence-electron chi connectivity index (χ1n) is 9.60. The highest BCUT2D eigenvalue weighted by atomic mass is 16.5. The van der Waals surface area contributed by atoms with E-state index in [9.17, 15) is 14.7 Å². The first-order valence-corrected chi connectivity index (χ1v) is 9.60. The van der Waals surface area contributed by atoms with Crippen molar-refractivity contribution in [3.05, 3.63) is 24.3 Å². The second-order valence-electron chi connectivity index (χ2n) is 8.17. The zero-order valence-corrected chi connectivity index (χ0v) is 16.2. The number of carbonyl (C=O) groups excluding carboxylic acids is 2. The van der Waals surface area contributed by atoms with Gasteiger partial charge in [0, 0.05) is 0 Å². The summed E-state index contributed by atoms with van der Waals surface area (Å²) in [4.78, 5) is 23.1. The van der Waals surface area contributed by atoms with Crippen molar-refractivity contribution in [2.75, 3.05) is 7.11 Å². The molecule has 1 N–H and O–H groups in total. The highest BCUT2D eigenvalue weighted by Gasteiger charge is 2.38. The van der Waals surface area contributed by atoms with E-state index >= 15 is 0 Å². The van der Waals surface area contributed by atoms with E-state index in [1.807, 2.05) is 26.0 Å². The predicted molar refractivity (Wildman–Crippen MR) is 99.3 cm³/mol. The number of aliphatic hydroxyl groups is 1. The Labute approximate surface area is 156 Å². The Hall–Kier alpha value is -1.62. The molecule has 1 saturated heterocycles. The van der Waals surface area contributed by atoms with E-state index in [4.69, 9.17) is 9.47 Å². The summed E-state index contributed by atoms with van der Waals surface area (Å²) in [6, 6.07) is 0. The van der Waals surface area contributed by atoms with Crippen molar-refractivity contribution < 1.29 is 24.2 Å². The van der Waals surface area contributed by atoms with Crippen LogP contribution in [0.2, 0.25) is 0 Å². The molecule has 1 aliphatic carbocycles. The van der Waals surface area contributed by atoms with E-state index in [2.05, 4.69) is 6.08 Å². The minimum Gasteiger partial charge on any atom is -0.469 e. The van der Waals surface area contributed by atoms with Gasteiger partial charge in [0.05, 0.1) is 24.0 Å². The molecule has 2 bridgehead atoms. The summed E-state index contributed by atoms with van der Waals surface area (Å²) >= 11 is 0. The van der Waals surface area contributed by atoms with Crippen molar-refractivity contribution in [3.63, 3.8) is 0 Å². The van der Waals surface area contributed by atoms with Gasteiger partial charge in [0.2, 0.25) is 0 Å². The number of fused-ring (bicyclic) bond motifs is 3. The number of methoxy groups -OCH3 is 1. The molecule has 0 spiro atoms. The molecule has 3 rings (SSSR count). The fourth-order valence-electron chi connectivity index (χ4n) is 3.75. The van der Waals surface area contributed by atoms with Crippen molar-refractivity contribution in [2.24, 2.45) is 10.8 Å². The quantitative estimate of drug-likeness (QED) is 0.567. The Kier molecular flexibility index (Phi) is 7.04. The molecular formula is C21H32O5. The van der Waals surface area contributed by atoms with Crippen LogP contribution in [-0.4, -0.2) is 36.4 Å². The molecular weight excluding hydrogens is 332 g/mol. The van der Waals surface area contributed by atoms with Crippen LogP contribution in [-0.2, 0) is 19.1 Å². The molecule has 1 fully saturated rings. The topological polar surface area (TPSA) is 72.8 Å².